The van der Waals surface area contributed by atoms with Gasteiger partial charge in [-0.1, -0.05) is 6.07 Å². The smallest absolute Gasteiger partial charge is 0.300 e. The minimum atomic E-state index is -0.706. The number of thiophene rings is 1. The van der Waals surface area contributed by atoms with Crippen molar-refractivity contribution < 1.29 is 19.4 Å². The molecule has 1 N–H and O–H groups in total. The molecular weight excluding hydrogens is 424 g/mol. The first-order chi connectivity index (χ1) is 15.3. The molecule has 0 aliphatic carbocycles. The second kappa shape index (κ2) is 8.51. The van der Waals surface area contributed by atoms with E-state index in [1.807, 2.05) is 67.7 Å². The molecule has 0 saturated carbocycles. The molecule has 4 rings (SSSR count). The lowest BCUT2D eigenvalue weighted by Crippen LogP contribution is -2.29. The monoisotopic (exact) mass is 448 g/mol. The van der Waals surface area contributed by atoms with Gasteiger partial charge < -0.3 is 14.7 Å². The molecule has 1 aliphatic rings. The number of rotatable bonds is 5. The summed E-state index contributed by atoms with van der Waals surface area (Å²) >= 11 is 1.44. The number of ketones is 1. The number of aliphatic hydroxyl groups excluding tert-OH is 1. The molecule has 164 valence electrons. The Balaban J connectivity index is 1.87. The van der Waals surface area contributed by atoms with E-state index in [2.05, 4.69) is 0 Å². The number of Topliss-reactive ketones (excluding diaryl/α,β-unsaturated/α-hetero) is 1. The number of methoxy groups -OCH3 is 1. The number of hydrogen-bond donors (Lipinski definition) is 1. The van der Waals surface area contributed by atoms with Crippen molar-refractivity contribution >= 4 is 40.2 Å². The van der Waals surface area contributed by atoms with Gasteiger partial charge in [-0.3, -0.25) is 14.5 Å². The molecule has 1 aliphatic heterocycles. The molecule has 0 spiro atoms. The second-order valence-electron chi connectivity index (χ2n) is 7.78. The van der Waals surface area contributed by atoms with Crippen LogP contribution < -0.4 is 14.5 Å². The van der Waals surface area contributed by atoms with Gasteiger partial charge in [0.25, 0.3) is 11.7 Å². The van der Waals surface area contributed by atoms with Gasteiger partial charge in [0.1, 0.15) is 17.6 Å². The lowest BCUT2D eigenvalue weighted by molar-refractivity contribution is -0.132. The fourth-order valence-electron chi connectivity index (χ4n) is 3.91. The normalized spacial score (nSPS) is 17.6. The minimum absolute atomic E-state index is 0.0821. The molecule has 1 amide bonds. The Hall–Kier alpha value is -3.58. The van der Waals surface area contributed by atoms with Crippen LogP contribution in [-0.4, -0.2) is 38.0 Å². The van der Waals surface area contributed by atoms with Crippen LogP contribution in [0.3, 0.4) is 0 Å². The summed E-state index contributed by atoms with van der Waals surface area (Å²) in [6.07, 6.45) is 0. The van der Waals surface area contributed by atoms with Crippen molar-refractivity contribution in [2.24, 2.45) is 0 Å². The standard InChI is InChI=1S/C25H24N2O4S/c1-15-14-16(7-12-19(15)31-4)23(28)21-22(20-6-5-13-32-20)27(25(30)24(21)29)18-10-8-17(9-11-18)26(2)3/h5-14,22,28H,1-4H3/b23-21-. The van der Waals surface area contributed by atoms with Crippen LogP contribution in [0, 0.1) is 6.92 Å². The summed E-state index contributed by atoms with van der Waals surface area (Å²) in [4.78, 5) is 30.5. The minimum Gasteiger partial charge on any atom is -0.507 e. The molecule has 0 bridgehead atoms. The van der Waals surface area contributed by atoms with Crippen molar-refractivity contribution in [3.8, 4) is 5.75 Å². The molecule has 7 heteroatoms. The van der Waals surface area contributed by atoms with Crippen molar-refractivity contribution in [1.82, 2.24) is 0 Å². The highest BCUT2D eigenvalue weighted by molar-refractivity contribution is 7.10. The fraction of sp³-hybridized carbons (Fsp3) is 0.200. The number of nitrogens with zero attached hydrogens (tertiary/aromatic N) is 2. The second-order valence-corrected chi connectivity index (χ2v) is 8.76. The number of benzene rings is 2. The highest BCUT2D eigenvalue weighted by atomic mass is 32.1. The highest BCUT2D eigenvalue weighted by Crippen LogP contribution is 2.44. The maximum Gasteiger partial charge on any atom is 0.300 e. The summed E-state index contributed by atoms with van der Waals surface area (Å²) in [6, 6.07) is 15.6. The molecule has 32 heavy (non-hydrogen) atoms. The Kier molecular flexibility index (Phi) is 5.76. The molecule has 1 unspecified atom stereocenters. The third kappa shape index (κ3) is 3.65. The van der Waals surface area contributed by atoms with Crippen molar-refractivity contribution in [2.45, 2.75) is 13.0 Å². The SMILES string of the molecule is COc1ccc(/C(O)=C2/C(=O)C(=O)N(c3ccc(N(C)C)cc3)C2c2cccs2)cc1C. The predicted octanol–water partition coefficient (Wildman–Crippen LogP) is 4.76. The van der Waals surface area contributed by atoms with E-state index in [4.69, 9.17) is 4.74 Å². The number of anilines is 2. The Bertz CT molecular complexity index is 1200. The van der Waals surface area contributed by atoms with Gasteiger partial charge in [-0.05, 0) is 66.4 Å². The predicted molar refractivity (Wildman–Crippen MR) is 128 cm³/mol. The van der Waals surface area contributed by atoms with Gasteiger partial charge in [-0.2, -0.15) is 0 Å². The number of aliphatic hydroxyl groups is 1. The zero-order valence-corrected chi connectivity index (χ0v) is 19.1. The lowest BCUT2D eigenvalue weighted by Gasteiger charge is -2.25. The van der Waals surface area contributed by atoms with Crippen molar-refractivity contribution in [3.63, 3.8) is 0 Å². The number of carbonyl (C=O) groups is 2. The summed E-state index contributed by atoms with van der Waals surface area (Å²) in [7, 11) is 5.44. The van der Waals surface area contributed by atoms with Gasteiger partial charge in [0.15, 0.2) is 0 Å². The maximum atomic E-state index is 13.2. The van der Waals surface area contributed by atoms with Crippen LogP contribution >= 0.6 is 11.3 Å². The van der Waals surface area contributed by atoms with E-state index in [0.717, 1.165) is 16.1 Å². The summed E-state index contributed by atoms with van der Waals surface area (Å²) in [5.74, 6) is -0.878. The number of aryl methyl sites for hydroxylation is 1. The molecule has 0 radical (unpaired) electrons. The summed E-state index contributed by atoms with van der Waals surface area (Å²) in [5, 5.41) is 13.1. The largest absolute Gasteiger partial charge is 0.507 e. The van der Waals surface area contributed by atoms with Crippen LogP contribution in [-0.2, 0) is 9.59 Å². The van der Waals surface area contributed by atoms with Gasteiger partial charge in [0, 0.05) is 35.9 Å². The number of hydrogen-bond acceptors (Lipinski definition) is 6. The molecule has 1 saturated heterocycles. The first kappa shape index (κ1) is 21.6. The average Bonchev–Trinajstić information content (AvgIpc) is 3.40. The zero-order chi connectivity index (χ0) is 23.0. The Morgan fingerprint density at radius 1 is 1.09 bits per heavy atom. The zero-order valence-electron chi connectivity index (χ0n) is 18.3. The number of carbonyl (C=O) groups excluding carboxylic acids is 2. The van der Waals surface area contributed by atoms with Crippen LogP contribution in [0.25, 0.3) is 5.76 Å². The van der Waals surface area contributed by atoms with Crippen LogP contribution in [0.15, 0.2) is 65.6 Å². The van der Waals surface area contributed by atoms with Crippen LogP contribution in [0.5, 0.6) is 5.75 Å². The lowest BCUT2D eigenvalue weighted by atomic mass is 9.98. The van der Waals surface area contributed by atoms with E-state index < -0.39 is 17.7 Å². The molecule has 1 atom stereocenters. The highest BCUT2D eigenvalue weighted by Gasteiger charge is 2.47. The third-order valence-electron chi connectivity index (χ3n) is 5.57. The molecule has 1 aromatic heterocycles. The molecule has 2 aromatic carbocycles. The van der Waals surface area contributed by atoms with E-state index in [0.29, 0.717) is 17.0 Å². The summed E-state index contributed by atoms with van der Waals surface area (Å²) in [5.41, 5.74) is 2.94. The van der Waals surface area contributed by atoms with Gasteiger partial charge in [0.2, 0.25) is 0 Å². The molecule has 6 nitrogen and oxygen atoms in total. The van der Waals surface area contributed by atoms with Gasteiger partial charge in [-0.15, -0.1) is 11.3 Å². The molecular formula is C25H24N2O4S. The maximum absolute atomic E-state index is 13.2. The Labute approximate surface area is 191 Å². The van der Waals surface area contributed by atoms with E-state index in [1.54, 1.807) is 25.3 Å². The van der Waals surface area contributed by atoms with Crippen LogP contribution in [0.1, 0.15) is 22.0 Å². The van der Waals surface area contributed by atoms with Gasteiger partial charge in [-0.25, -0.2) is 0 Å². The van der Waals surface area contributed by atoms with E-state index in [-0.39, 0.29) is 11.3 Å². The Morgan fingerprint density at radius 3 is 2.38 bits per heavy atom. The first-order valence-corrected chi connectivity index (χ1v) is 11.0. The van der Waals surface area contributed by atoms with E-state index in [1.165, 1.54) is 16.2 Å². The van der Waals surface area contributed by atoms with Crippen molar-refractivity contribution in [2.75, 3.05) is 31.0 Å². The molecule has 1 fully saturated rings. The van der Waals surface area contributed by atoms with Crippen LogP contribution in [0.2, 0.25) is 0 Å². The third-order valence-corrected chi connectivity index (χ3v) is 6.49. The fourth-order valence-corrected chi connectivity index (χ4v) is 4.73. The Morgan fingerprint density at radius 2 is 1.81 bits per heavy atom. The van der Waals surface area contributed by atoms with Crippen molar-refractivity contribution in [1.29, 1.82) is 0 Å². The van der Waals surface area contributed by atoms with Gasteiger partial charge in [0.05, 0.1) is 12.7 Å². The van der Waals surface area contributed by atoms with E-state index >= 15 is 0 Å². The van der Waals surface area contributed by atoms with Crippen LogP contribution in [0.4, 0.5) is 11.4 Å². The quantitative estimate of drug-likeness (QED) is 0.346. The topological polar surface area (TPSA) is 70.1 Å². The van der Waals surface area contributed by atoms with Gasteiger partial charge >= 0.3 is 0 Å². The molecule has 3 aromatic rings. The number of ether oxygens (including phenoxy) is 1. The summed E-state index contributed by atoms with van der Waals surface area (Å²) in [6.45, 7) is 1.86. The van der Waals surface area contributed by atoms with Crippen molar-refractivity contribution in [3.05, 3.63) is 81.6 Å². The van der Waals surface area contributed by atoms with E-state index in [9.17, 15) is 14.7 Å². The average molecular weight is 449 g/mol. The first-order valence-electron chi connectivity index (χ1n) is 10.1. The number of amides is 1. The molecule has 2 heterocycles. The summed E-state index contributed by atoms with van der Waals surface area (Å²) < 4.78 is 5.30.